The molecule has 30 heavy (non-hydrogen) atoms. The van der Waals surface area contributed by atoms with Crippen molar-refractivity contribution in [1.82, 2.24) is 5.32 Å². The number of carbonyl (C=O) groups excluding carboxylic acids is 1. The molecule has 0 bridgehead atoms. The predicted octanol–water partition coefficient (Wildman–Crippen LogP) is 4.57. The van der Waals surface area contributed by atoms with Crippen molar-refractivity contribution in [1.29, 1.82) is 0 Å². The van der Waals surface area contributed by atoms with E-state index in [1.165, 1.54) is 5.56 Å². The quantitative estimate of drug-likeness (QED) is 0.377. The van der Waals surface area contributed by atoms with Crippen LogP contribution < -0.4 is 10.0 Å². The molecule has 0 saturated heterocycles. The average Bonchev–Trinajstić information content (AvgIpc) is 2.77. The maximum absolute atomic E-state index is 12.5. The first-order valence-corrected chi connectivity index (χ1v) is 12.3. The van der Waals surface area contributed by atoms with Gasteiger partial charge in [0.15, 0.2) is 0 Å². The number of rotatable bonds is 9. The van der Waals surface area contributed by atoms with Gasteiger partial charge in [-0.1, -0.05) is 30.3 Å². The number of aryl methyl sites for hydroxylation is 1. The van der Waals surface area contributed by atoms with Gasteiger partial charge in [0.2, 0.25) is 0 Å². The fraction of sp³-hybridized carbons (Fsp3) is 0.174. The molecule has 156 valence electrons. The second-order valence-electron chi connectivity index (χ2n) is 6.70. The fourth-order valence-corrected chi connectivity index (χ4v) is 4.37. The van der Waals surface area contributed by atoms with Gasteiger partial charge in [0.25, 0.3) is 15.9 Å². The van der Waals surface area contributed by atoms with Crippen LogP contribution in [0.4, 0.5) is 5.69 Å². The Kier molecular flexibility index (Phi) is 7.54. The van der Waals surface area contributed by atoms with Crippen LogP contribution in [0.3, 0.4) is 0 Å². The lowest BCUT2D eigenvalue weighted by atomic mass is 10.1. The van der Waals surface area contributed by atoms with Gasteiger partial charge in [-0.3, -0.25) is 9.52 Å². The highest BCUT2D eigenvalue weighted by molar-refractivity contribution is 7.98. The molecule has 0 fully saturated rings. The van der Waals surface area contributed by atoms with E-state index in [0.717, 1.165) is 17.7 Å². The Labute approximate surface area is 182 Å². The van der Waals surface area contributed by atoms with Crippen molar-refractivity contribution in [2.75, 3.05) is 17.5 Å². The molecule has 0 aliphatic carbocycles. The number of amides is 1. The van der Waals surface area contributed by atoms with Gasteiger partial charge in [0, 0.05) is 22.7 Å². The van der Waals surface area contributed by atoms with Crippen LogP contribution in [0.25, 0.3) is 0 Å². The Morgan fingerprint density at radius 3 is 2.20 bits per heavy atom. The van der Waals surface area contributed by atoms with Crippen molar-refractivity contribution in [3.05, 3.63) is 90.0 Å². The Balaban J connectivity index is 1.52. The van der Waals surface area contributed by atoms with E-state index in [1.54, 1.807) is 60.3 Å². The van der Waals surface area contributed by atoms with Crippen molar-refractivity contribution in [2.45, 2.75) is 22.6 Å². The maximum atomic E-state index is 12.5. The van der Waals surface area contributed by atoms with Gasteiger partial charge >= 0.3 is 0 Å². The van der Waals surface area contributed by atoms with Gasteiger partial charge in [0.1, 0.15) is 0 Å². The van der Waals surface area contributed by atoms with Crippen molar-refractivity contribution in [2.24, 2.45) is 0 Å². The summed E-state index contributed by atoms with van der Waals surface area (Å²) in [4.78, 5) is 13.5. The van der Waals surface area contributed by atoms with Gasteiger partial charge in [-0.25, -0.2) is 8.42 Å². The summed E-state index contributed by atoms with van der Waals surface area (Å²) in [5, 5.41) is 2.89. The van der Waals surface area contributed by atoms with Crippen LogP contribution in [0.1, 0.15) is 22.3 Å². The summed E-state index contributed by atoms with van der Waals surface area (Å²) >= 11 is 1.55. The van der Waals surface area contributed by atoms with Crippen molar-refractivity contribution in [3.63, 3.8) is 0 Å². The molecule has 7 heteroatoms. The first kappa shape index (κ1) is 21.9. The van der Waals surface area contributed by atoms with E-state index in [4.69, 9.17) is 0 Å². The number of hydrogen-bond acceptors (Lipinski definition) is 4. The predicted molar refractivity (Wildman–Crippen MR) is 123 cm³/mol. The molecule has 5 nitrogen and oxygen atoms in total. The van der Waals surface area contributed by atoms with Gasteiger partial charge in [-0.2, -0.15) is 0 Å². The zero-order chi connectivity index (χ0) is 21.4. The smallest absolute Gasteiger partial charge is 0.261 e. The minimum absolute atomic E-state index is 0.176. The topological polar surface area (TPSA) is 75.3 Å². The maximum Gasteiger partial charge on any atom is 0.261 e. The van der Waals surface area contributed by atoms with Gasteiger partial charge in [0.05, 0.1) is 4.90 Å². The summed E-state index contributed by atoms with van der Waals surface area (Å²) in [5.74, 6) is -0.176. The lowest BCUT2D eigenvalue weighted by molar-refractivity contribution is 0.0953. The highest BCUT2D eigenvalue weighted by atomic mass is 32.2. The number of nitrogens with one attached hydrogen (secondary N) is 2. The summed E-state index contributed by atoms with van der Waals surface area (Å²) in [6.07, 6.45) is 3.69. The molecule has 0 unspecified atom stereocenters. The van der Waals surface area contributed by atoms with Gasteiger partial charge in [-0.05, 0) is 73.2 Å². The van der Waals surface area contributed by atoms with Crippen LogP contribution in [-0.4, -0.2) is 27.1 Å². The first-order valence-electron chi connectivity index (χ1n) is 9.57. The SMILES string of the molecule is CSc1ccc(S(=O)(=O)Nc2ccc(C(=O)NCCCc3ccccc3)cc2)cc1. The van der Waals surface area contributed by atoms with Gasteiger partial charge < -0.3 is 5.32 Å². The van der Waals surface area contributed by atoms with E-state index in [0.29, 0.717) is 17.8 Å². The number of hydrogen-bond donors (Lipinski definition) is 2. The lowest BCUT2D eigenvalue weighted by Gasteiger charge is -2.10. The molecular formula is C23H24N2O3S2. The molecule has 0 aromatic heterocycles. The molecule has 0 aliphatic heterocycles. The van der Waals surface area contributed by atoms with Gasteiger partial charge in [-0.15, -0.1) is 11.8 Å². The van der Waals surface area contributed by atoms with E-state index in [2.05, 4.69) is 22.2 Å². The Morgan fingerprint density at radius 1 is 0.900 bits per heavy atom. The number of thioether (sulfide) groups is 1. The minimum atomic E-state index is -3.68. The molecule has 0 atom stereocenters. The van der Waals surface area contributed by atoms with Crippen LogP contribution in [0.15, 0.2) is 88.7 Å². The molecule has 0 saturated carbocycles. The normalized spacial score (nSPS) is 11.1. The summed E-state index contributed by atoms with van der Waals surface area (Å²) in [6.45, 7) is 0.578. The van der Waals surface area contributed by atoms with E-state index in [9.17, 15) is 13.2 Å². The second kappa shape index (κ2) is 10.3. The van der Waals surface area contributed by atoms with E-state index in [-0.39, 0.29) is 10.8 Å². The molecule has 2 N–H and O–H groups in total. The van der Waals surface area contributed by atoms with Crippen LogP contribution >= 0.6 is 11.8 Å². The molecule has 0 aliphatic rings. The van der Waals surface area contributed by atoms with Crippen molar-refractivity contribution < 1.29 is 13.2 Å². The molecule has 0 spiro atoms. The van der Waals surface area contributed by atoms with Crippen molar-refractivity contribution in [3.8, 4) is 0 Å². The molecule has 3 aromatic rings. The lowest BCUT2D eigenvalue weighted by Crippen LogP contribution is -2.24. The number of carbonyl (C=O) groups is 1. The fourth-order valence-electron chi connectivity index (χ4n) is 2.90. The number of benzene rings is 3. The molecule has 0 heterocycles. The molecule has 0 radical (unpaired) electrons. The molecule has 1 amide bonds. The zero-order valence-corrected chi connectivity index (χ0v) is 18.3. The average molecular weight is 441 g/mol. The number of sulfonamides is 1. The minimum Gasteiger partial charge on any atom is -0.352 e. The highest BCUT2D eigenvalue weighted by Gasteiger charge is 2.14. The van der Waals surface area contributed by atoms with E-state index < -0.39 is 10.0 Å². The summed E-state index contributed by atoms with van der Waals surface area (Å²) < 4.78 is 27.6. The third-order valence-corrected chi connectivity index (χ3v) is 6.68. The summed E-state index contributed by atoms with van der Waals surface area (Å²) in [7, 11) is -3.68. The number of anilines is 1. The van der Waals surface area contributed by atoms with Crippen LogP contribution in [0.5, 0.6) is 0 Å². The summed E-state index contributed by atoms with van der Waals surface area (Å²) in [6, 6.07) is 23.2. The van der Waals surface area contributed by atoms with Crippen molar-refractivity contribution >= 4 is 33.4 Å². The zero-order valence-electron chi connectivity index (χ0n) is 16.7. The monoisotopic (exact) mass is 440 g/mol. The second-order valence-corrected chi connectivity index (χ2v) is 9.27. The van der Waals surface area contributed by atoms with Crippen LogP contribution in [-0.2, 0) is 16.4 Å². The Morgan fingerprint density at radius 2 is 1.57 bits per heavy atom. The first-order chi connectivity index (χ1) is 14.5. The van der Waals surface area contributed by atoms with E-state index >= 15 is 0 Å². The van der Waals surface area contributed by atoms with E-state index in [1.807, 2.05) is 24.5 Å². The third-order valence-electron chi connectivity index (χ3n) is 4.54. The Hall–Kier alpha value is -2.77. The largest absolute Gasteiger partial charge is 0.352 e. The molecule has 3 rings (SSSR count). The third kappa shape index (κ3) is 6.11. The van der Waals surface area contributed by atoms with Crippen LogP contribution in [0, 0.1) is 0 Å². The Bertz CT molecular complexity index is 1070. The summed E-state index contributed by atoms with van der Waals surface area (Å²) in [5.41, 5.74) is 2.14. The highest BCUT2D eigenvalue weighted by Crippen LogP contribution is 2.20. The standard InChI is InChI=1S/C23H24N2O3S2/c1-29-21-13-15-22(16-14-21)30(27,28)25-20-11-9-19(10-12-20)23(26)24-17-5-8-18-6-3-2-4-7-18/h2-4,6-7,9-16,25H,5,8,17H2,1H3,(H,24,26). The van der Waals surface area contributed by atoms with Crippen LogP contribution in [0.2, 0.25) is 0 Å². The molecular weight excluding hydrogens is 416 g/mol. The molecule has 3 aromatic carbocycles.